The number of para-hydroxylation sites is 2. The molecule has 1 aromatic carbocycles. The van der Waals surface area contributed by atoms with Gasteiger partial charge in [0.15, 0.2) is 11.5 Å². The minimum Gasteiger partial charge on any atom is -0.490 e. The van der Waals surface area contributed by atoms with Crippen molar-refractivity contribution in [3.05, 3.63) is 24.3 Å². The van der Waals surface area contributed by atoms with Crippen LogP contribution in [0, 0.1) is 5.92 Å². The van der Waals surface area contributed by atoms with Crippen molar-refractivity contribution in [3.63, 3.8) is 0 Å². The van der Waals surface area contributed by atoms with Crippen LogP contribution < -0.4 is 9.47 Å². The maximum atomic E-state index is 10.3. The summed E-state index contributed by atoms with van der Waals surface area (Å²) in [6.45, 7) is 6.54. The highest BCUT2D eigenvalue weighted by Crippen LogP contribution is 2.30. The molecule has 2 fully saturated rings. The molecule has 1 N–H and O–H groups in total. The highest BCUT2D eigenvalue weighted by atomic mass is 16.5. The van der Waals surface area contributed by atoms with Crippen LogP contribution in [0.1, 0.15) is 26.2 Å². The Bertz CT molecular complexity index is 510. The zero-order chi connectivity index (χ0) is 16.8. The Balaban J connectivity index is 1.52. The fraction of sp³-hybridized carbons (Fsp3) is 0.684. The topological polar surface area (TPSA) is 51.2 Å². The van der Waals surface area contributed by atoms with Crippen molar-refractivity contribution in [1.29, 1.82) is 0 Å². The van der Waals surface area contributed by atoms with Crippen LogP contribution in [0.25, 0.3) is 0 Å². The number of likely N-dealkylation sites (tertiary alicyclic amines) is 1. The van der Waals surface area contributed by atoms with E-state index in [1.54, 1.807) is 0 Å². The molecule has 5 nitrogen and oxygen atoms in total. The molecular weight excluding hydrogens is 306 g/mol. The molecule has 1 aromatic rings. The number of hydrogen-bond donors (Lipinski definition) is 1. The summed E-state index contributed by atoms with van der Waals surface area (Å²) >= 11 is 0. The molecule has 0 saturated carbocycles. The van der Waals surface area contributed by atoms with E-state index < -0.39 is 0 Å². The van der Waals surface area contributed by atoms with Crippen molar-refractivity contribution in [2.24, 2.45) is 5.92 Å². The first-order valence-electron chi connectivity index (χ1n) is 9.14. The predicted molar refractivity (Wildman–Crippen MR) is 92.6 cm³/mol. The van der Waals surface area contributed by atoms with Gasteiger partial charge < -0.3 is 19.3 Å². The first-order valence-corrected chi connectivity index (χ1v) is 9.14. The zero-order valence-corrected chi connectivity index (χ0v) is 14.5. The van der Waals surface area contributed by atoms with Gasteiger partial charge in [-0.25, -0.2) is 0 Å². The van der Waals surface area contributed by atoms with Gasteiger partial charge >= 0.3 is 0 Å². The SMILES string of the molecule is CCOc1ccccc1OCCN1CCC[C@@H]1[C@@H]1COCC[C@H]1O. The van der Waals surface area contributed by atoms with E-state index in [2.05, 4.69) is 4.90 Å². The maximum Gasteiger partial charge on any atom is 0.161 e. The van der Waals surface area contributed by atoms with Crippen molar-refractivity contribution in [3.8, 4) is 11.5 Å². The molecule has 3 rings (SSSR count). The molecule has 3 atom stereocenters. The van der Waals surface area contributed by atoms with Crippen LogP contribution in [0.3, 0.4) is 0 Å². The second kappa shape index (κ2) is 8.70. The third-order valence-electron chi connectivity index (χ3n) is 5.06. The van der Waals surface area contributed by atoms with Crippen molar-refractivity contribution < 1.29 is 19.3 Å². The average Bonchev–Trinajstić information content (AvgIpc) is 3.05. The molecule has 0 radical (unpaired) electrons. The summed E-state index contributed by atoms with van der Waals surface area (Å²) in [4.78, 5) is 2.45. The van der Waals surface area contributed by atoms with Crippen molar-refractivity contribution in [2.75, 3.05) is 39.5 Å². The molecule has 0 aliphatic carbocycles. The van der Waals surface area contributed by atoms with Crippen LogP contribution >= 0.6 is 0 Å². The standard InChI is InChI=1S/C19H29NO4/c1-2-23-18-7-3-4-8-19(18)24-13-11-20-10-5-6-16(20)15-14-22-12-9-17(15)21/h3-4,7-8,15-17,21H,2,5-6,9-14H2,1H3/t15-,16+,17+/m0/s1. The quantitative estimate of drug-likeness (QED) is 0.829. The Morgan fingerprint density at radius 2 is 2.00 bits per heavy atom. The van der Waals surface area contributed by atoms with E-state index in [9.17, 15) is 5.11 Å². The van der Waals surface area contributed by atoms with Crippen LogP contribution in [0.5, 0.6) is 11.5 Å². The molecule has 2 saturated heterocycles. The lowest BCUT2D eigenvalue weighted by Crippen LogP contribution is -2.47. The molecule has 2 aliphatic rings. The number of aliphatic hydroxyl groups is 1. The van der Waals surface area contributed by atoms with E-state index >= 15 is 0 Å². The van der Waals surface area contributed by atoms with Crippen molar-refractivity contribution in [2.45, 2.75) is 38.3 Å². The van der Waals surface area contributed by atoms with E-state index in [4.69, 9.17) is 14.2 Å². The summed E-state index contributed by atoms with van der Waals surface area (Å²) in [5.41, 5.74) is 0. The van der Waals surface area contributed by atoms with E-state index in [0.29, 0.717) is 32.5 Å². The van der Waals surface area contributed by atoms with Crippen molar-refractivity contribution in [1.82, 2.24) is 4.90 Å². The summed E-state index contributed by atoms with van der Waals surface area (Å²) in [5, 5.41) is 10.3. The monoisotopic (exact) mass is 335 g/mol. The highest BCUT2D eigenvalue weighted by molar-refractivity contribution is 5.39. The van der Waals surface area contributed by atoms with E-state index in [1.165, 1.54) is 6.42 Å². The molecule has 0 amide bonds. The average molecular weight is 335 g/mol. The Kier molecular flexibility index (Phi) is 6.35. The molecule has 0 aromatic heterocycles. The number of benzene rings is 1. The molecule has 24 heavy (non-hydrogen) atoms. The Labute approximate surface area is 144 Å². The molecular formula is C19H29NO4. The lowest BCUT2D eigenvalue weighted by Gasteiger charge is -2.37. The van der Waals surface area contributed by atoms with E-state index in [0.717, 1.165) is 37.4 Å². The van der Waals surface area contributed by atoms with Gasteiger partial charge in [0, 0.05) is 25.1 Å². The van der Waals surface area contributed by atoms with Gasteiger partial charge in [0.1, 0.15) is 6.61 Å². The van der Waals surface area contributed by atoms with Gasteiger partial charge in [-0.3, -0.25) is 4.90 Å². The summed E-state index contributed by atoms with van der Waals surface area (Å²) < 4.78 is 17.2. The van der Waals surface area contributed by atoms with Crippen LogP contribution in [0.2, 0.25) is 0 Å². The largest absolute Gasteiger partial charge is 0.490 e. The Hall–Kier alpha value is -1.30. The smallest absolute Gasteiger partial charge is 0.161 e. The maximum absolute atomic E-state index is 10.3. The molecule has 5 heteroatoms. The van der Waals surface area contributed by atoms with E-state index in [1.807, 2.05) is 31.2 Å². The molecule has 0 unspecified atom stereocenters. The lowest BCUT2D eigenvalue weighted by molar-refractivity contribution is -0.0634. The third kappa shape index (κ3) is 4.21. The minimum absolute atomic E-state index is 0.232. The summed E-state index contributed by atoms with van der Waals surface area (Å²) in [6, 6.07) is 8.22. The molecule has 2 heterocycles. The first kappa shape index (κ1) is 17.5. The number of rotatable bonds is 7. The van der Waals surface area contributed by atoms with Crippen molar-refractivity contribution >= 4 is 0 Å². The van der Waals surface area contributed by atoms with Crippen LogP contribution in [-0.2, 0) is 4.74 Å². The van der Waals surface area contributed by atoms with Gasteiger partial charge in [-0.1, -0.05) is 12.1 Å². The molecule has 0 spiro atoms. The Morgan fingerprint density at radius 1 is 1.21 bits per heavy atom. The molecule has 2 aliphatic heterocycles. The predicted octanol–water partition coefficient (Wildman–Crippen LogP) is 2.33. The van der Waals surface area contributed by atoms with Gasteiger partial charge in [0.05, 0.1) is 19.3 Å². The van der Waals surface area contributed by atoms with Crippen LogP contribution in [-0.4, -0.2) is 61.7 Å². The van der Waals surface area contributed by atoms with Gasteiger partial charge in [-0.05, 0) is 44.9 Å². The summed E-state index contributed by atoms with van der Waals surface area (Å²) in [7, 11) is 0. The number of nitrogens with zero attached hydrogens (tertiary/aromatic N) is 1. The van der Waals surface area contributed by atoms with Crippen LogP contribution in [0.4, 0.5) is 0 Å². The normalized spacial score (nSPS) is 28.0. The summed E-state index contributed by atoms with van der Waals surface area (Å²) in [5.74, 6) is 1.84. The second-order valence-electron chi connectivity index (χ2n) is 6.57. The number of hydrogen-bond acceptors (Lipinski definition) is 5. The minimum atomic E-state index is -0.232. The van der Waals surface area contributed by atoms with Gasteiger partial charge in [-0.2, -0.15) is 0 Å². The van der Waals surface area contributed by atoms with E-state index in [-0.39, 0.29) is 12.0 Å². The van der Waals surface area contributed by atoms with Crippen LogP contribution in [0.15, 0.2) is 24.3 Å². The van der Waals surface area contributed by atoms with Gasteiger partial charge in [-0.15, -0.1) is 0 Å². The number of ether oxygens (including phenoxy) is 3. The zero-order valence-electron chi connectivity index (χ0n) is 14.5. The first-order chi connectivity index (χ1) is 11.8. The third-order valence-corrected chi connectivity index (χ3v) is 5.06. The van der Waals surface area contributed by atoms with Gasteiger partial charge in [0.2, 0.25) is 0 Å². The summed E-state index contributed by atoms with van der Waals surface area (Å²) in [6.07, 6.45) is 2.85. The molecule has 0 bridgehead atoms. The highest BCUT2D eigenvalue weighted by Gasteiger charge is 2.37. The fourth-order valence-electron chi connectivity index (χ4n) is 3.85. The molecule has 134 valence electrons. The second-order valence-corrected chi connectivity index (χ2v) is 6.57. The fourth-order valence-corrected chi connectivity index (χ4v) is 3.85. The lowest BCUT2D eigenvalue weighted by atomic mass is 9.89. The Morgan fingerprint density at radius 3 is 2.75 bits per heavy atom. The number of aliphatic hydroxyl groups excluding tert-OH is 1. The van der Waals surface area contributed by atoms with Gasteiger partial charge in [0.25, 0.3) is 0 Å².